The summed E-state index contributed by atoms with van der Waals surface area (Å²) in [6.45, 7) is 5.85. The quantitative estimate of drug-likeness (QED) is 0.862. The van der Waals surface area contributed by atoms with Gasteiger partial charge in [0.25, 0.3) is 5.91 Å². The van der Waals surface area contributed by atoms with Gasteiger partial charge < -0.3 is 4.57 Å². The molecule has 2 aromatic heterocycles. The number of thiophene rings is 1. The number of carbonyl (C=O) groups is 1. The Bertz CT molecular complexity index is 705. The van der Waals surface area contributed by atoms with Crippen molar-refractivity contribution in [2.24, 2.45) is 0 Å². The number of hydroxylamine groups is 2. The highest BCUT2D eigenvalue weighted by molar-refractivity contribution is 7.10. The Kier molecular flexibility index (Phi) is 3.92. The van der Waals surface area contributed by atoms with E-state index in [-0.39, 0.29) is 11.9 Å². The number of aryl methyl sites for hydroxylation is 1. The molecule has 6 nitrogen and oxygen atoms in total. The molecule has 1 atom stereocenters. The highest BCUT2D eigenvalue weighted by Crippen LogP contribution is 2.27. The third-order valence-corrected chi connectivity index (χ3v) is 5.53. The van der Waals surface area contributed by atoms with Crippen molar-refractivity contribution in [3.8, 4) is 0 Å². The molecule has 122 valence electrons. The van der Waals surface area contributed by atoms with E-state index in [0.717, 1.165) is 25.2 Å². The summed E-state index contributed by atoms with van der Waals surface area (Å²) >= 11 is 1.78. The van der Waals surface area contributed by atoms with Crippen LogP contribution < -0.4 is 0 Å². The van der Waals surface area contributed by atoms with Crippen molar-refractivity contribution in [1.82, 2.24) is 19.5 Å². The van der Waals surface area contributed by atoms with E-state index >= 15 is 0 Å². The Morgan fingerprint density at radius 3 is 3.17 bits per heavy atom. The molecule has 7 heteroatoms. The molecule has 1 saturated heterocycles. The Morgan fingerprint density at radius 1 is 1.52 bits per heavy atom. The van der Waals surface area contributed by atoms with E-state index in [1.807, 2.05) is 10.8 Å². The van der Waals surface area contributed by atoms with Gasteiger partial charge in [-0.1, -0.05) is 0 Å². The first-order chi connectivity index (χ1) is 11.2. The fourth-order valence-electron chi connectivity index (χ4n) is 3.24. The highest BCUT2D eigenvalue weighted by atomic mass is 32.1. The smallest absolute Gasteiger partial charge is 0.270 e. The molecular weight excluding hydrogens is 312 g/mol. The number of aromatic nitrogens is 2. The molecule has 2 aliphatic heterocycles. The lowest BCUT2D eigenvalue weighted by Crippen LogP contribution is -2.44. The average Bonchev–Trinajstić information content (AvgIpc) is 3.28. The predicted molar refractivity (Wildman–Crippen MR) is 86.7 cm³/mol. The molecule has 0 bridgehead atoms. The number of carbonyl (C=O) groups excluding carboxylic acids is 1. The van der Waals surface area contributed by atoms with Gasteiger partial charge in [-0.15, -0.1) is 11.3 Å². The average molecular weight is 332 g/mol. The Labute approximate surface area is 139 Å². The molecule has 0 N–H and O–H groups in total. The Hall–Kier alpha value is -1.70. The number of imidazole rings is 1. The number of nitrogens with zero attached hydrogens (tertiary/aromatic N) is 4. The van der Waals surface area contributed by atoms with Gasteiger partial charge in [-0.2, -0.15) is 0 Å². The Morgan fingerprint density at radius 2 is 2.43 bits per heavy atom. The SMILES string of the molecule is Cc1ccsc1CN1Cc2cncn2C(C(=O)N2CCCO2)C1. The zero-order valence-corrected chi connectivity index (χ0v) is 14.0. The van der Waals surface area contributed by atoms with Crippen molar-refractivity contribution >= 4 is 17.2 Å². The molecular formula is C16H20N4O2S. The standard InChI is InChI=1S/C16H20N4O2S/c1-12-3-6-23-15(12)10-18-8-13-7-17-11-19(13)14(9-18)16(21)20-4-2-5-22-20/h3,6-7,11,14H,2,4-5,8-10H2,1H3. The second-order valence-electron chi connectivity index (χ2n) is 6.13. The summed E-state index contributed by atoms with van der Waals surface area (Å²) in [4.78, 5) is 26.2. The van der Waals surface area contributed by atoms with Crippen LogP contribution in [0.2, 0.25) is 0 Å². The van der Waals surface area contributed by atoms with Crippen LogP contribution in [0.1, 0.15) is 28.6 Å². The van der Waals surface area contributed by atoms with E-state index in [2.05, 4.69) is 28.3 Å². The van der Waals surface area contributed by atoms with E-state index in [0.29, 0.717) is 19.7 Å². The molecule has 0 saturated carbocycles. The van der Waals surface area contributed by atoms with Gasteiger partial charge in [-0.25, -0.2) is 10.0 Å². The van der Waals surface area contributed by atoms with Gasteiger partial charge in [-0.3, -0.25) is 14.5 Å². The van der Waals surface area contributed by atoms with Gasteiger partial charge >= 0.3 is 0 Å². The van der Waals surface area contributed by atoms with Crippen LogP contribution in [0.25, 0.3) is 0 Å². The number of hydrogen-bond acceptors (Lipinski definition) is 5. The van der Waals surface area contributed by atoms with Crippen LogP contribution >= 0.6 is 11.3 Å². The summed E-state index contributed by atoms with van der Waals surface area (Å²) in [5.41, 5.74) is 2.41. The topological polar surface area (TPSA) is 50.6 Å². The largest absolute Gasteiger partial charge is 0.319 e. The molecule has 2 aromatic rings. The van der Waals surface area contributed by atoms with Gasteiger partial charge in [0.05, 0.1) is 25.2 Å². The summed E-state index contributed by atoms with van der Waals surface area (Å²) in [5, 5.41) is 3.65. The maximum atomic E-state index is 12.8. The fourth-order valence-corrected chi connectivity index (χ4v) is 4.18. The molecule has 1 unspecified atom stereocenters. The maximum absolute atomic E-state index is 12.8. The van der Waals surface area contributed by atoms with E-state index in [1.54, 1.807) is 17.7 Å². The highest BCUT2D eigenvalue weighted by Gasteiger charge is 2.34. The van der Waals surface area contributed by atoms with Crippen molar-refractivity contribution in [3.05, 3.63) is 40.1 Å². The maximum Gasteiger partial charge on any atom is 0.270 e. The first-order valence-corrected chi connectivity index (χ1v) is 8.80. The summed E-state index contributed by atoms with van der Waals surface area (Å²) in [7, 11) is 0. The third-order valence-electron chi connectivity index (χ3n) is 4.52. The number of amides is 1. The third kappa shape index (κ3) is 2.80. The Balaban J connectivity index is 1.56. The second kappa shape index (κ2) is 6.07. The molecule has 4 rings (SSSR count). The zero-order valence-electron chi connectivity index (χ0n) is 13.1. The summed E-state index contributed by atoms with van der Waals surface area (Å²) < 4.78 is 2.00. The van der Waals surface area contributed by atoms with E-state index < -0.39 is 0 Å². The van der Waals surface area contributed by atoms with Gasteiger partial charge in [0.1, 0.15) is 6.04 Å². The van der Waals surface area contributed by atoms with Crippen LogP contribution in [0, 0.1) is 6.92 Å². The lowest BCUT2D eigenvalue weighted by molar-refractivity contribution is -0.173. The van der Waals surface area contributed by atoms with Gasteiger partial charge in [0, 0.05) is 30.7 Å². The van der Waals surface area contributed by atoms with Gasteiger partial charge in [0.15, 0.2) is 0 Å². The van der Waals surface area contributed by atoms with Crippen molar-refractivity contribution in [1.29, 1.82) is 0 Å². The molecule has 23 heavy (non-hydrogen) atoms. The zero-order chi connectivity index (χ0) is 15.8. The van der Waals surface area contributed by atoms with Gasteiger partial charge in [0.2, 0.25) is 0 Å². The lowest BCUT2D eigenvalue weighted by atomic mass is 10.1. The fraction of sp³-hybridized carbons (Fsp3) is 0.500. The molecule has 0 radical (unpaired) electrons. The first-order valence-electron chi connectivity index (χ1n) is 7.92. The van der Waals surface area contributed by atoms with Gasteiger partial charge in [-0.05, 0) is 30.4 Å². The second-order valence-corrected chi connectivity index (χ2v) is 7.13. The van der Waals surface area contributed by atoms with E-state index in [1.165, 1.54) is 15.5 Å². The minimum atomic E-state index is -0.250. The summed E-state index contributed by atoms with van der Waals surface area (Å²) in [5.74, 6) is 0.0364. The van der Waals surface area contributed by atoms with Crippen LogP contribution in [0.3, 0.4) is 0 Å². The molecule has 0 aliphatic carbocycles. The molecule has 0 aromatic carbocycles. The van der Waals surface area contributed by atoms with Crippen molar-refractivity contribution in [2.75, 3.05) is 19.7 Å². The minimum absolute atomic E-state index is 0.0364. The molecule has 1 fully saturated rings. The monoisotopic (exact) mass is 332 g/mol. The lowest BCUT2D eigenvalue weighted by Gasteiger charge is -2.34. The number of rotatable bonds is 3. The van der Waals surface area contributed by atoms with Crippen molar-refractivity contribution in [3.63, 3.8) is 0 Å². The van der Waals surface area contributed by atoms with Crippen LogP contribution in [0.15, 0.2) is 24.0 Å². The molecule has 4 heterocycles. The summed E-state index contributed by atoms with van der Waals surface area (Å²) in [6, 6.07) is 1.90. The normalized spacial score (nSPS) is 21.6. The van der Waals surface area contributed by atoms with E-state index in [9.17, 15) is 4.79 Å². The van der Waals surface area contributed by atoms with Crippen LogP contribution in [-0.4, -0.2) is 45.1 Å². The first kappa shape index (κ1) is 14.9. The van der Waals surface area contributed by atoms with Crippen molar-refractivity contribution < 1.29 is 9.63 Å². The van der Waals surface area contributed by atoms with Crippen LogP contribution in [-0.2, 0) is 22.7 Å². The minimum Gasteiger partial charge on any atom is -0.319 e. The van der Waals surface area contributed by atoms with Crippen LogP contribution in [0.5, 0.6) is 0 Å². The van der Waals surface area contributed by atoms with Crippen LogP contribution in [0.4, 0.5) is 0 Å². The molecule has 0 spiro atoms. The molecule has 2 aliphatic rings. The van der Waals surface area contributed by atoms with Crippen molar-refractivity contribution in [2.45, 2.75) is 32.5 Å². The van der Waals surface area contributed by atoms with E-state index in [4.69, 9.17) is 4.84 Å². The molecule has 1 amide bonds. The number of hydrogen-bond donors (Lipinski definition) is 0. The summed E-state index contributed by atoms with van der Waals surface area (Å²) in [6.07, 6.45) is 4.54. The number of fused-ring (bicyclic) bond motifs is 1. The predicted octanol–water partition coefficient (Wildman–Crippen LogP) is 1.97.